The normalized spacial score (nSPS) is 20.0. The molecule has 0 aromatic carbocycles. The Balaban J connectivity index is 2.47. The van der Waals surface area contributed by atoms with Crippen molar-refractivity contribution < 1.29 is 22.0 Å². The van der Waals surface area contributed by atoms with E-state index in [0.29, 0.717) is 0 Å². The molecule has 2 rings (SSSR count). The summed E-state index contributed by atoms with van der Waals surface area (Å²) < 4.78 is 47.7. The van der Waals surface area contributed by atoms with Crippen molar-refractivity contribution in [2.45, 2.75) is 24.4 Å². The van der Waals surface area contributed by atoms with Gasteiger partial charge in [-0.15, -0.1) is 0 Å². The third kappa shape index (κ3) is 2.38. The number of alkyl halides is 2. The Kier molecular flexibility index (Phi) is 3.14. The number of carbonyl (C=O) groups excluding carboxylic acids is 1. The molecule has 0 amide bonds. The van der Waals surface area contributed by atoms with Gasteiger partial charge in [-0.3, -0.25) is 4.79 Å². The molecule has 0 saturated carbocycles. The van der Waals surface area contributed by atoms with Gasteiger partial charge in [-0.25, -0.2) is 27.2 Å². The molecule has 1 heterocycles. The molecule has 1 unspecified atom stereocenters. The van der Waals surface area contributed by atoms with Crippen LogP contribution in [0.25, 0.3) is 0 Å². The number of hydrogen-bond acceptors (Lipinski definition) is 5. The Labute approximate surface area is 102 Å². The predicted octanol–water partition coefficient (Wildman–Crippen LogP) is 0.890. The van der Waals surface area contributed by atoms with Crippen LogP contribution < -0.4 is 0 Å². The van der Waals surface area contributed by atoms with Crippen molar-refractivity contribution >= 4 is 15.6 Å². The maximum absolute atomic E-state index is 12.6. The summed E-state index contributed by atoms with van der Waals surface area (Å²) in [6, 6.07) is 0. The van der Waals surface area contributed by atoms with Gasteiger partial charge in [-0.2, -0.15) is 0 Å². The zero-order valence-electron chi connectivity index (χ0n) is 9.43. The molecule has 0 fully saturated rings. The van der Waals surface area contributed by atoms with E-state index >= 15 is 0 Å². The van der Waals surface area contributed by atoms with Gasteiger partial charge >= 0.3 is 0 Å². The Hall–Kier alpha value is -1.44. The molecule has 0 radical (unpaired) electrons. The van der Waals surface area contributed by atoms with Gasteiger partial charge in [0.25, 0.3) is 0 Å². The first-order valence-electron chi connectivity index (χ1n) is 5.16. The van der Waals surface area contributed by atoms with Gasteiger partial charge < -0.3 is 0 Å². The minimum atomic E-state index is -3.61. The summed E-state index contributed by atoms with van der Waals surface area (Å²) >= 11 is 0. The molecular weight excluding hydrogens is 266 g/mol. The number of hydrogen-bond donors (Lipinski definition) is 0. The first-order valence-corrected chi connectivity index (χ1v) is 7.05. The first kappa shape index (κ1) is 13.0. The summed E-state index contributed by atoms with van der Waals surface area (Å²) in [7, 11) is -3.61. The molecule has 0 aliphatic heterocycles. The smallest absolute Gasteiger partial charge is 0.247 e. The topological polar surface area (TPSA) is 77.0 Å². The number of rotatable bonds is 2. The predicted molar refractivity (Wildman–Crippen MR) is 57.3 cm³/mol. The van der Waals surface area contributed by atoms with Crippen molar-refractivity contribution in [2.75, 3.05) is 6.26 Å². The molecule has 1 aromatic rings. The van der Waals surface area contributed by atoms with E-state index in [9.17, 15) is 22.0 Å². The maximum atomic E-state index is 12.6. The number of carbonyl (C=O) groups is 1. The van der Waals surface area contributed by atoms with Gasteiger partial charge in [0.15, 0.2) is 5.78 Å². The van der Waals surface area contributed by atoms with Crippen LogP contribution in [0.3, 0.4) is 0 Å². The molecule has 1 aliphatic rings. The Bertz CT molecular complexity index is 601. The summed E-state index contributed by atoms with van der Waals surface area (Å²) in [6.45, 7) is 0. The van der Waals surface area contributed by atoms with E-state index in [0.717, 1.165) is 12.5 Å². The van der Waals surface area contributed by atoms with Crippen LogP contribution in [-0.4, -0.2) is 36.9 Å². The zero-order chi connectivity index (χ0) is 13.5. The van der Waals surface area contributed by atoms with Crippen molar-refractivity contribution in [2.24, 2.45) is 5.92 Å². The van der Waals surface area contributed by atoms with Crippen LogP contribution in [0.5, 0.6) is 0 Å². The average molecular weight is 276 g/mol. The summed E-state index contributed by atoms with van der Waals surface area (Å²) in [4.78, 5) is 18.9. The van der Waals surface area contributed by atoms with E-state index < -0.39 is 33.1 Å². The quantitative estimate of drug-likeness (QED) is 0.750. The number of Topliss-reactive ketones (excluding diaryl/α,β-unsaturated/α-hetero) is 1. The van der Waals surface area contributed by atoms with Gasteiger partial charge in [0.1, 0.15) is 0 Å². The Morgan fingerprint density at radius 1 is 1.39 bits per heavy atom. The lowest BCUT2D eigenvalue weighted by Gasteiger charge is -2.21. The minimum Gasteiger partial charge on any atom is -0.294 e. The number of ketones is 1. The summed E-state index contributed by atoms with van der Waals surface area (Å²) in [5, 5.41) is -0.441. The molecule has 5 nitrogen and oxygen atoms in total. The zero-order valence-corrected chi connectivity index (χ0v) is 10.2. The van der Waals surface area contributed by atoms with Gasteiger partial charge in [0, 0.05) is 24.8 Å². The maximum Gasteiger partial charge on any atom is 0.247 e. The van der Waals surface area contributed by atoms with Crippen LogP contribution in [0, 0.1) is 5.92 Å². The molecule has 0 bridgehead atoms. The second kappa shape index (κ2) is 4.34. The molecule has 0 spiro atoms. The number of nitrogens with zero attached hydrogens (tertiary/aromatic N) is 2. The van der Waals surface area contributed by atoms with Crippen LogP contribution in [0.15, 0.2) is 11.4 Å². The van der Waals surface area contributed by atoms with Gasteiger partial charge in [-0.05, 0) is 6.42 Å². The number of halogens is 2. The van der Waals surface area contributed by atoms with E-state index in [2.05, 4.69) is 9.97 Å². The van der Waals surface area contributed by atoms with Crippen molar-refractivity contribution in [1.29, 1.82) is 0 Å². The van der Waals surface area contributed by atoms with E-state index in [1.165, 1.54) is 0 Å². The van der Waals surface area contributed by atoms with E-state index in [4.69, 9.17) is 0 Å². The van der Waals surface area contributed by atoms with Crippen LogP contribution in [0.1, 0.15) is 22.5 Å². The molecule has 98 valence electrons. The molecule has 0 saturated heterocycles. The van der Waals surface area contributed by atoms with Gasteiger partial charge in [0.05, 0.1) is 11.3 Å². The van der Waals surface area contributed by atoms with E-state index in [1.54, 1.807) is 0 Å². The fourth-order valence-corrected chi connectivity index (χ4v) is 2.33. The molecular formula is C10H10F2N2O3S. The standard InChI is InChI=1S/C10H10F2N2O3S/c1-18(16,17)10-13-4-6-7(14-10)2-5(9(11)12)3-8(6)15/h4-5,9H,2-3H2,1H3. The van der Waals surface area contributed by atoms with Gasteiger partial charge in [0.2, 0.25) is 21.4 Å². The summed E-state index contributed by atoms with van der Waals surface area (Å²) in [6.07, 6.45) is -0.971. The number of fused-ring (bicyclic) bond motifs is 1. The largest absolute Gasteiger partial charge is 0.294 e. The highest BCUT2D eigenvalue weighted by atomic mass is 32.2. The molecule has 1 aromatic heterocycles. The van der Waals surface area contributed by atoms with Crippen LogP contribution in [0.4, 0.5) is 8.78 Å². The Morgan fingerprint density at radius 2 is 2.06 bits per heavy atom. The number of aromatic nitrogens is 2. The van der Waals surface area contributed by atoms with Gasteiger partial charge in [-0.1, -0.05) is 0 Å². The lowest BCUT2D eigenvalue weighted by Crippen LogP contribution is -2.27. The number of sulfone groups is 1. The highest BCUT2D eigenvalue weighted by Gasteiger charge is 2.32. The lowest BCUT2D eigenvalue weighted by atomic mass is 9.87. The molecule has 8 heteroatoms. The summed E-state index contributed by atoms with van der Waals surface area (Å²) in [5.74, 6) is -1.58. The van der Waals surface area contributed by atoms with Crippen molar-refractivity contribution in [3.63, 3.8) is 0 Å². The fourth-order valence-electron chi connectivity index (χ4n) is 1.81. The van der Waals surface area contributed by atoms with Crippen LogP contribution in [0.2, 0.25) is 0 Å². The lowest BCUT2D eigenvalue weighted by molar-refractivity contribution is 0.0590. The van der Waals surface area contributed by atoms with Crippen molar-refractivity contribution in [3.8, 4) is 0 Å². The molecule has 0 N–H and O–H groups in total. The molecule has 18 heavy (non-hydrogen) atoms. The highest BCUT2D eigenvalue weighted by Crippen LogP contribution is 2.28. The fraction of sp³-hybridized carbons (Fsp3) is 0.500. The monoisotopic (exact) mass is 276 g/mol. The first-order chi connectivity index (χ1) is 8.29. The SMILES string of the molecule is CS(=O)(=O)c1ncc2c(n1)CC(C(F)F)CC2=O. The molecule has 1 aliphatic carbocycles. The second-order valence-electron chi connectivity index (χ2n) is 4.21. The Morgan fingerprint density at radius 3 is 2.61 bits per heavy atom. The van der Waals surface area contributed by atoms with Crippen LogP contribution >= 0.6 is 0 Å². The third-order valence-corrected chi connectivity index (χ3v) is 3.60. The third-order valence-electron chi connectivity index (χ3n) is 2.74. The van der Waals surface area contributed by atoms with Crippen LogP contribution in [-0.2, 0) is 16.3 Å². The average Bonchev–Trinajstić information content (AvgIpc) is 2.26. The summed E-state index contributed by atoms with van der Waals surface area (Å²) in [5.41, 5.74) is 0.228. The van der Waals surface area contributed by atoms with E-state index in [-0.39, 0.29) is 24.1 Å². The highest BCUT2D eigenvalue weighted by molar-refractivity contribution is 7.90. The van der Waals surface area contributed by atoms with E-state index in [1.807, 2.05) is 0 Å². The van der Waals surface area contributed by atoms with Crippen molar-refractivity contribution in [3.05, 3.63) is 17.5 Å². The molecule has 1 atom stereocenters. The van der Waals surface area contributed by atoms with Crippen molar-refractivity contribution in [1.82, 2.24) is 9.97 Å². The minimum absolute atomic E-state index is 0.0898. The second-order valence-corrected chi connectivity index (χ2v) is 6.12.